The Labute approximate surface area is 75.3 Å². The SMILES string of the molecule is CC1CCC(N(C)C2CC2)CN1. The second-order valence-electron chi connectivity index (χ2n) is 4.44. The Kier molecular flexibility index (Phi) is 2.37. The van der Waals surface area contributed by atoms with Crippen molar-refractivity contribution in [1.82, 2.24) is 10.2 Å². The van der Waals surface area contributed by atoms with Crippen LogP contribution in [0.15, 0.2) is 0 Å². The maximum atomic E-state index is 3.55. The first-order valence-corrected chi connectivity index (χ1v) is 5.22. The molecule has 2 nitrogen and oxygen atoms in total. The van der Waals surface area contributed by atoms with Gasteiger partial charge < -0.3 is 5.32 Å². The van der Waals surface area contributed by atoms with Crippen molar-refractivity contribution in [2.24, 2.45) is 0 Å². The summed E-state index contributed by atoms with van der Waals surface area (Å²) in [5.74, 6) is 0. The van der Waals surface area contributed by atoms with Crippen LogP contribution >= 0.6 is 0 Å². The van der Waals surface area contributed by atoms with E-state index >= 15 is 0 Å². The molecule has 2 rings (SSSR count). The fourth-order valence-electron chi connectivity index (χ4n) is 2.11. The van der Waals surface area contributed by atoms with Crippen molar-refractivity contribution in [1.29, 1.82) is 0 Å². The molecule has 0 bridgehead atoms. The minimum atomic E-state index is 0.744. The molecule has 12 heavy (non-hydrogen) atoms. The zero-order valence-corrected chi connectivity index (χ0v) is 8.21. The van der Waals surface area contributed by atoms with Crippen molar-refractivity contribution in [3.63, 3.8) is 0 Å². The van der Waals surface area contributed by atoms with E-state index in [1.807, 2.05) is 0 Å². The summed E-state index contributed by atoms with van der Waals surface area (Å²) in [4.78, 5) is 2.58. The average molecular weight is 168 g/mol. The molecular formula is C10H20N2. The number of nitrogens with zero attached hydrogens (tertiary/aromatic N) is 1. The highest BCUT2D eigenvalue weighted by Gasteiger charge is 2.32. The summed E-state index contributed by atoms with van der Waals surface area (Å²) in [6.45, 7) is 3.49. The van der Waals surface area contributed by atoms with E-state index in [4.69, 9.17) is 0 Å². The van der Waals surface area contributed by atoms with Crippen LogP contribution in [0.1, 0.15) is 32.6 Å². The lowest BCUT2D eigenvalue weighted by Crippen LogP contribution is -2.48. The molecule has 0 amide bonds. The molecule has 2 unspecified atom stereocenters. The third-order valence-corrected chi connectivity index (χ3v) is 3.33. The summed E-state index contributed by atoms with van der Waals surface area (Å²) < 4.78 is 0. The Bertz CT molecular complexity index is 146. The van der Waals surface area contributed by atoms with Crippen LogP contribution in [0.3, 0.4) is 0 Å². The topological polar surface area (TPSA) is 15.3 Å². The lowest BCUT2D eigenvalue weighted by atomic mass is 10.0. The third-order valence-electron chi connectivity index (χ3n) is 3.33. The number of likely N-dealkylation sites (N-methyl/N-ethyl adjacent to an activating group) is 1. The highest BCUT2D eigenvalue weighted by molar-refractivity contribution is 4.89. The summed E-state index contributed by atoms with van der Waals surface area (Å²) in [5.41, 5.74) is 0. The van der Waals surface area contributed by atoms with Gasteiger partial charge in [-0.05, 0) is 39.7 Å². The molecule has 2 aliphatic rings. The van der Waals surface area contributed by atoms with E-state index in [1.165, 1.54) is 32.2 Å². The molecule has 0 spiro atoms. The molecule has 1 saturated heterocycles. The lowest BCUT2D eigenvalue weighted by molar-refractivity contribution is 0.180. The highest BCUT2D eigenvalue weighted by Crippen LogP contribution is 2.28. The van der Waals surface area contributed by atoms with E-state index in [1.54, 1.807) is 0 Å². The van der Waals surface area contributed by atoms with Gasteiger partial charge in [-0.2, -0.15) is 0 Å². The Morgan fingerprint density at radius 1 is 1.08 bits per heavy atom. The first-order valence-electron chi connectivity index (χ1n) is 5.22. The molecule has 2 heteroatoms. The lowest BCUT2D eigenvalue weighted by Gasteiger charge is -2.34. The van der Waals surface area contributed by atoms with E-state index in [0.717, 1.165) is 18.1 Å². The number of hydrogen-bond acceptors (Lipinski definition) is 2. The standard InChI is InChI=1S/C10H20N2/c1-8-3-4-10(7-11-8)12(2)9-5-6-9/h8-11H,3-7H2,1-2H3. The molecule has 0 aromatic rings. The molecule has 1 aliphatic heterocycles. The van der Waals surface area contributed by atoms with Gasteiger partial charge in [0, 0.05) is 24.7 Å². The maximum Gasteiger partial charge on any atom is 0.0221 e. The Hall–Kier alpha value is -0.0800. The van der Waals surface area contributed by atoms with Crippen LogP contribution < -0.4 is 5.32 Å². The zero-order chi connectivity index (χ0) is 8.55. The Balaban J connectivity index is 1.80. The summed E-state index contributed by atoms with van der Waals surface area (Å²) in [7, 11) is 2.29. The molecule has 0 aromatic carbocycles. The predicted octanol–water partition coefficient (Wildman–Crippen LogP) is 1.22. The van der Waals surface area contributed by atoms with Crippen molar-refractivity contribution < 1.29 is 0 Å². The van der Waals surface area contributed by atoms with Crippen LogP contribution in [-0.4, -0.2) is 36.6 Å². The summed E-state index contributed by atoms with van der Waals surface area (Å²) in [6, 6.07) is 2.48. The molecule has 1 heterocycles. The second kappa shape index (κ2) is 3.35. The number of hydrogen-bond donors (Lipinski definition) is 1. The molecular weight excluding hydrogens is 148 g/mol. The highest BCUT2D eigenvalue weighted by atomic mass is 15.2. The van der Waals surface area contributed by atoms with E-state index < -0.39 is 0 Å². The van der Waals surface area contributed by atoms with Crippen molar-refractivity contribution >= 4 is 0 Å². The maximum absolute atomic E-state index is 3.55. The van der Waals surface area contributed by atoms with Crippen molar-refractivity contribution in [3.05, 3.63) is 0 Å². The Morgan fingerprint density at radius 2 is 1.75 bits per heavy atom. The minimum Gasteiger partial charge on any atom is -0.313 e. The normalized spacial score (nSPS) is 37.2. The van der Waals surface area contributed by atoms with Crippen LogP contribution in [0.25, 0.3) is 0 Å². The molecule has 2 fully saturated rings. The first kappa shape index (κ1) is 8.52. The van der Waals surface area contributed by atoms with E-state index in [9.17, 15) is 0 Å². The number of piperidine rings is 1. The smallest absolute Gasteiger partial charge is 0.0221 e. The largest absolute Gasteiger partial charge is 0.313 e. The minimum absolute atomic E-state index is 0.744. The summed E-state index contributed by atoms with van der Waals surface area (Å²) >= 11 is 0. The fraction of sp³-hybridized carbons (Fsp3) is 1.00. The van der Waals surface area contributed by atoms with Crippen molar-refractivity contribution in [2.75, 3.05) is 13.6 Å². The molecule has 1 N–H and O–H groups in total. The van der Waals surface area contributed by atoms with Crippen LogP contribution in [-0.2, 0) is 0 Å². The summed E-state index contributed by atoms with van der Waals surface area (Å²) in [6.07, 6.45) is 5.61. The van der Waals surface area contributed by atoms with Crippen molar-refractivity contribution in [3.8, 4) is 0 Å². The zero-order valence-electron chi connectivity index (χ0n) is 8.21. The molecule has 1 aliphatic carbocycles. The van der Waals surface area contributed by atoms with Gasteiger partial charge in [0.25, 0.3) is 0 Å². The summed E-state index contributed by atoms with van der Waals surface area (Å²) in [5, 5.41) is 3.55. The second-order valence-corrected chi connectivity index (χ2v) is 4.44. The van der Waals surface area contributed by atoms with Gasteiger partial charge in [-0.15, -0.1) is 0 Å². The molecule has 0 radical (unpaired) electrons. The van der Waals surface area contributed by atoms with Gasteiger partial charge in [-0.3, -0.25) is 4.90 Å². The molecule has 1 saturated carbocycles. The van der Waals surface area contributed by atoms with Gasteiger partial charge in [-0.1, -0.05) is 0 Å². The molecule has 2 atom stereocenters. The van der Waals surface area contributed by atoms with Gasteiger partial charge in [0.2, 0.25) is 0 Å². The van der Waals surface area contributed by atoms with Crippen LogP contribution in [0.5, 0.6) is 0 Å². The number of rotatable bonds is 2. The third kappa shape index (κ3) is 1.80. The van der Waals surface area contributed by atoms with Gasteiger partial charge in [0.1, 0.15) is 0 Å². The van der Waals surface area contributed by atoms with E-state index in [-0.39, 0.29) is 0 Å². The first-order chi connectivity index (χ1) is 5.77. The fourth-order valence-corrected chi connectivity index (χ4v) is 2.11. The molecule has 0 aromatic heterocycles. The molecule has 70 valence electrons. The van der Waals surface area contributed by atoms with Gasteiger partial charge in [0.05, 0.1) is 0 Å². The number of nitrogens with one attached hydrogen (secondary N) is 1. The van der Waals surface area contributed by atoms with Crippen LogP contribution in [0.4, 0.5) is 0 Å². The van der Waals surface area contributed by atoms with E-state index in [0.29, 0.717) is 0 Å². The van der Waals surface area contributed by atoms with E-state index in [2.05, 4.69) is 24.2 Å². The van der Waals surface area contributed by atoms with Crippen molar-refractivity contribution in [2.45, 2.75) is 50.7 Å². The van der Waals surface area contributed by atoms with Gasteiger partial charge in [-0.25, -0.2) is 0 Å². The van der Waals surface area contributed by atoms with Crippen LogP contribution in [0, 0.1) is 0 Å². The quantitative estimate of drug-likeness (QED) is 0.667. The van der Waals surface area contributed by atoms with Crippen LogP contribution in [0.2, 0.25) is 0 Å². The predicted molar refractivity (Wildman–Crippen MR) is 51.3 cm³/mol. The Morgan fingerprint density at radius 3 is 2.25 bits per heavy atom. The monoisotopic (exact) mass is 168 g/mol. The van der Waals surface area contributed by atoms with Gasteiger partial charge >= 0.3 is 0 Å². The average Bonchev–Trinajstić information content (AvgIpc) is 2.87. The van der Waals surface area contributed by atoms with Gasteiger partial charge in [0.15, 0.2) is 0 Å².